The first-order chi connectivity index (χ1) is 16.9. The van der Waals surface area contributed by atoms with E-state index in [1.807, 2.05) is 60.7 Å². The van der Waals surface area contributed by atoms with Gasteiger partial charge in [0.1, 0.15) is 6.10 Å². The van der Waals surface area contributed by atoms with Gasteiger partial charge >= 0.3 is 0 Å². The SMILES string of the molecule is O=S(=O)(/C=C/c1ccccc1)c1ccccc1.O=S(=O)(c1ccccc1)[C@@H]1O[C@H]1c1ccccc1. The Morgan fingerprint density at radius 1 is 0.571 bits per heavy atom. The maximum Gasteiger partial charge on any atom is 0.208 e. The number of benzene rings is 4. The van der Waals surface area contributed by atoms with Crippen molar-refractivity contribution in [1.82, 2.24) is 0 Å². The summed E-state index contributed by atoms with van der Waals surface area (Å²) in [4.78, 5) is 0.626. The second kappa shape index (κ2) is 10.8. The van der Waals surface area contributed by atoms with Crippen molar-refractivity contribution in [3.63, 3.8) is 0 Å². The van der Waals surface area contributed by atoms with Gasteiger partial charge in [-0.15, -0.1) is 0 Å². The summed E-state index contributed by atoms with van der Waals surface area (Å²) in [5, 5.41) is 1.23. The minimum atomic E-state index is -3.39. The molecule has 4 aromatic rings. The summed E-state index contributed by atoms with van der Waals surface area (Å²) < 4.78 is 53.7. The largest absolute Gasteiger partial charge is 0.347 e. The molecular weight excluding hydrogens is 480 g/mol. The first-order valence-electron chi connectivity index (χ1n) is 10.9. The van der Waals surface area contributed by atoms with Gasteiger partial charge in [-0.3, -0.25) is 0 Å². The van der Waals surface area contributed by atoms with E-state index in [0.717, 1.165) is 11.1 Å². The minimum Gasteiger partial charge on any atom is -0.347 e. The van der Waals surface area contributed by atoms with Gasteiger partial charge in [0.05, 0.1) is 9.79 Å². The first-order valence-corrected chi connectivity index (χ1v) is 14.0. The summed E-state index contributed by atoms with van der Waals surface area (Å²) in [5.41, 5.74) is 1.02. The van der Waals surface area contributed by atoms with Crippen LogP contribution in [-0.4, -0.2) is 22.3 Å². The molecule has 0 N–H and O–H groups in total. The van der Waals surface area contributed by atoms with Crippen LogP contribution in [0.15, 0.2) is 137 Å². The first kappa shape index (κ1) is 24.6. The van der Waals surface area contributed by atoms with Crippen molar-refractivity contribution in [2.24, 2.45) is 0 Å². The molecule has 1 fully saturated rings. The summed E-state index contributed by atoms with van der Waals surface area (Å²) in [6.07, 6.45) is 1.26. The second-order valence-corrected chi connectivity index (χ2v) is 11.6. The molecule has 0 unspecified atom stereocenters. The number of hydrogen-bond acceptors (Lipinski definition) is 5. The highest BCUT2D eigenvalue weighted by Gasteiger charge is 2.50. The molecule has 4 aromatic carbocycles. The van der Waals surface area contributed by atoms with Gasteiger partial charge < -0.3 is 4.74 Å². The molecule has 0 bridgehead atoms. The van der Waals surface area contributed by atoms with E-state index in [2.05, 4.69) is 0 Å². The van der Waals surface area contributed by atoms with Crippen LogP contribution in [0.2, 0.25) is 0 Å². The second-order valence-electron chi connectivity index (χ2n) is 7.77. The Morgan fingerprint density at radius 2 is 1.03 bits per heavy atom. The van der Waals surface area contributed by atoms with Crippen molar-refractivity contribution in [2.45, 2.75) is 21.3 Å². The number of hydrogen-bond donors (Lipinski definition) is 0. The molecule has 178 valence electrons. The topological polar surface area (TPSA) is 80.8 Å². The smallest absolute Gasteiger partial charge is 0.208 e. The fourth-order valence-corrected chi connectivity index (χ4v) is 5.96. The third-order valence-corrected chi connectivity index (χ3v) is 8.59. The predicted octanol–water partition coefficient (Wildman–Crippen LogP) is 5.69. The number of ether oxygens (including phenoxy) is 1. The lowest BCUT2D eigenvalue weighted by molar-refractivity contribution is 0.399. The van der Waals surface area contributed by atoms with E-state index >= 15 is 0 Å². The van der Waals surface area contributed by atoms with Crippen molar-refractivity contribution in [3.05, 3.63) is 138 Å². The molecule has 0 amide bonds. The predicted molar refractivity (Wildman–Crippen MR) is 137 cm³/mol. The minimum absolute atomic E-state index is 0.312. The van der Waals surface area contributed by atoms with Crippen LogP contribution in [0.1, 0.15) is 17.2 Å². The molecule has 35 heavy (non-hydrogen) atoms. The lowest BCUT2D eigenvalue weighted by Crippen LogP contribution is -2.09. The molecule has 1 aliphatic heterocycles. The Morgan fingerprint density at radius 3 is 1.57 bits per heavy atom. The summed E-state index contributed by atoms with van der Waals surface area (Å²) in [6, 6.07) is 35.6. The van der Waals surface area contributed by atoms with E-state index in [-0.39, 0.29) is 6.10 Å². The summed E-state index contributed by atoms with van der Waals surface area (Å²) in [5.74, 6) is 0. The Balaban J connectivity index is 0.000000165. The molecule has 5 nitrogen and oxygen atoms in total. The van der Waals surface area contributed by atoms with E-state index in [1.54, 1.807) is 66.7 Å². The van der Waals surface area contributed by atoms with E-state index in [9.17, 15) is 16.8 Å². The van der Waals surface area contributed by atoms with Crippen LogP contribution in [0.3, 0.4) is 0 Å². The van der Waals surface area contributed by atoms with Crippen LogP contribution in [0, 0.1) is 0 Å². The summed E-state index contributed by atoms with van der Waals surface area (Å²) in [6.45, 7) is 0. The molecule has 0 radical (unpaired) electrons. The van der Waals surface area contributed by atoms with E-state index in [4.69, 9.17) is 4.74 Å². The molecule has 1 heterocycles. The highest BCUT2D eigenvalue weighted by atomic mass is 32.2. The van der Waals surface area contributed by atoms with Gasteiger partial charge in [-0.1, -0.05) is 97.1 Å². The van der Waals surface area contributed by atoms with Gasteiger partial charge in [-0.05, 0) is 41.5 Å². The van der Waals surface area contributed by atoms with E-state index in [0.29, 0.717) is 9.79 Å². The van der Waals surface area contributed by atoms with Crippen molar-refractivity contribution in [1.29, 1.82) is 0 Å². The molecule has 7 heteroatoms. The van der Waals surface area contributed by atoms with Crippen molar-refractivity contribution in [2.75, 3.05) is 0 Å². The molecular formula is C28H24O5S2. The van der Waals surface area contributed by atoms with Crippen LogP contribution in [-0.2, 0) is 24.4 Å². The average molecular weight is 505 g/mol. The van der Waals surface area contributed by atoms with Gasteiger partial charge in [0.2, 0.25) is 9.84 Å². The van der Waals surface area contributed by atoms with Crippen LogP contribution in [0.5, 0.6) is 0 Å². The lowest BCUT2D eigenvalue weighted by atomic mass is 10.2. The standard InChI is InChI=1S/C14H12O3S.C14H12O2S/c15-18(16,12-9-5-2-6-10-12)14-13(17-14)11-7-3-1-4-8-11;15-17(16,14-9-5-2-6-10-14)12-11-13-7-3-1-4-8-13/h1-10,13-14H;1-12H/b;12-11+/t13-,14-;/m0./s1. The summed E-state index contributed by atoms with van der Waals surface area (Å²) >= 11 is 0. The van der Waals surface area contributed by atoms with Gasteiger partial charge in [-0.2, -0.15) is 0 Å². The van der Waals surface area contributed by atoms with Crippen LogP contribution < -0.4 is 0 Å². The van der Waals surface area contributed by atoms with E-state index < -0.39 is 25.1 Å². The Bertz CT molecular complexity index is 1470. The van der Waals surface area contributed by atoms with Gasteiger partial charge in [0, 0.05) is 5.41 Å². The molecule has 1 saturated heterocycles. The van der Waals surface area contributed by atoms with Crippen LogP contribution in [0.4, 0.5) is 0 Å². The lowest BCUT2D eigenvalue weighted by Gasteiger charge is -2.00. The van der Waals surface area contributed by atoms with Gasteiger partial charge in [-0.25, -0.2) is 16.8 Å². The monoisotopic (exact) mass is 504 g/mol. The highest BCUT2D eigenvalue weighted by Crippen LogP contribution is 2.44. The fourth-order valence-electron chi connectivity index (χ4n) is 3.38. The number of rotatable bonds is 6. The Kier molecular flexibility index (Phi) is 7.60. The molecule has 0 aromatic heterocycles. The summed E-state index contributed by atoms with van der Waals surface area (Å²) in [7, 11) is -6.72. The fraction of sp³-hybridized carbons (Fsp3) is 0.0714. The third kappa shape index (κ3) is 6.33. The van der Waals surface area contributed by atoms with E-state index in [1.165, 1.54) is 5.41 Å². The maximum atomic E-state index is 12.3. The molecule has 0 saturated carbocycles. The quantitative estimate of drug-likeness (QED) is 0.315. The van der Waals surface area contributed by atoms with Gasteiger partial charge in [0.25, 0.3) is 0 Å². The number of sulfone groups is 2. The normalized spacial score (nSPS) is 17.4. The zero-order chi connectivity index (χ0) is 24.7. The average Bonchev–Trinajstić information content (AvgIpc) is 3.72. The van der Waals surface area contributed by atoms with Crippen molar-refractivity contribution >= 4 is 25.8 Å². The number of epoxide rings is 1. The van der Waals surface area contributed by atoms with Crippen LogP contribution in [0.25, 0.3) is 6.08 Å². The third-order valence-electron chi connectivity index (χ3n) is 5.27. The molecule has 1 aliphatic rings. The molecule has 2 atom stereocenters. The highest BCUT2D eigenvalue weighted by molar-refractivity contribution is 7.94. The molecule has 0 spiro atoms. The zero-order valence-electron chi connectivity index (χ0n) is 18.7. The van der Waals surface area contributed by atoms with Crippen LogP contribution >= 0.6 is 0 Å². The van der Waals surface area contributed by atoms with Gasteiger partial charge in [0.15, 0.2) is 15.3 Å². The Labute approximate surface area is 206 Å². The molecule has 0 aliphatic carbocycles. The Hall–Kier alpha value is -3.52. The van der Waals surface area contributed by atoms with Crippen molar-refractivity contribution < 1.29 is 21.6 Å². The van der Waals surface area contributed by atoms with Crippen molar-refractivity contribution in [3.8, 4) is 0 Å². The zero-order valence-corrected chi connectivity index (χ0v) is 20.3. The molecule has 5 rings (SSSR count). The maximum absolute atomic E-state index is 12.3.